The third kappa shape index (κ3) is 2.47. The first-order valence-corrected chi connectivity index (χ1v) is 7.98. The van der Waals surface area contributed by atoms with Crippen molar-refractivity contribution in [2.75, 3.05) is 0 Å². The summed E-state index contributed by atoms with van der Waals surface area (Å²) in [7, 11) is -3.02. The van der Waals surface area contributed by atoms with Crippen LogP contribution in [0.1, 0.15) is 32.3 Å². The van der Waals surface area contributed by atoms with E-state index in [1.165, 1.54) is 11.3 Å². The minimum absolute atomic E-state index is 0.107. The molecule has 1 saturated carbocycles. The van der Waals surface area contributed by atoms with Gasteiger partial charge in [-0.3, -0.25) is 0 Å². The molecule has 0 amide bonds. The first-order valence-electron chi connectivity index (χ1n) is 5.55. The van der Waals surface area contributed by atoms with Crippen molar-refractivity contribution in [2.24, 2.45) is 0 Å². The van der Waals surface area contributed by atoms with E-state index in [2.05, 4.69) is 19.2 Å². The fourth-order valence-corrected chi connectivity index (χ4v) is 4.87. The molecule has 1 aromatic heterocycles. The summed E-state index contributed by atoms with van der Waals surface area (Å²) in [6.07, 6.45) is 1.66. The predicted molar refractivity (Wildman–Crippen MR) is 66.5 cm³/mol. The van der Waals surface area contributed by atoms with Gasteiger partial charge in [0.05, 0.1) is 5.25 Å². The van der Waals surface area contributed by atoms with Gasteiger partial charge in [-0.2, -0.15) is 0 Å². The topological polar surface area (TPSA) is 46.2 Å². The zero-order chi connectivity index (χ0) is 11.8. The first-order chi connectivity index (χ1) is 7.51. The summed E-state index contributed by atoms with van der Waals surface area (Å²) in [6.45, 7) is 4.76. The largest absolute Gasteiger partial charge is 0.310 e. The first kappa shape index (κ1) is 12.1. The summed E-state index contributed by atoms with van der Waals surface area (Å²) in [4.78, 5) is 0. The summed E-state index contributed by atoms with van der Waals surface area (Å²) in [6, 6.07) is 2.28. The quantitative estimate of drug-likeness (QED) is 0.881. The van der Waals surface area contributed by atoms with E-state index in [-0.39, 0.29) is 5.25 Å². The van der Waals surface area contributed by atoms with Crippen molar-refractivity contribution in [1.82, 2.24) is 5.32 Å². The van der Waals surface area contributed by atoms with E-state index in [4.69, 9.17) is 0 Å². The van der Waals surface area contributed by atoms with E-state index in [1.807, 2.05) is 11.4 Å². The molecule has 0 radical (unpaired) electrons. The molecule has 0 atom stereocenters. The molecule has 90 valence electrons. The van der Waals surface area contributed by atoms with Crippen LogP contribution in [0.15, 0.2) is 15.7 Å². The van der Waals surface area contributed by atoms with Gasteiger partial charge in [0, 0.05) is 12.6 Å². The second-order valence-electron chi connectivity index (χ2n) is 4.51. The predicted octanol–water partition coefficient (Wildman–Crippen LogP) is 2.18. The lowest BCUT2D eigenvalue weighted by Crippen LogP contribution is -2.22. The van der Waals surface area contributed by atoms with Gasteiger partial charge in [0.25, 0.3) is 0 Å². The van der Waals surface area contributed by atoms with Crippen molar-refractivity contribution in [3.8, 4) is 0 Å². The molecule has 0 unspecified atom stereocenters. The van der Waals surface area contributed by atoms with Crippen LogP contribution >= 0.6 is 11.3 Å². The summed E-state index contributed by atoms with van der Waals surface area (Å²) in [5.41, 5.74) is 0.922. The maximum absolute atomic E-state index is 12.1. The van der Waals surface area contributed by atoms with Crippen LogP contribution in [0.4, 0.5) is 0 Å². The Hall–Kier alpha value is -0.390. The van der Waals surface area contributed by atoms with Crippen LogP contribution in [0, 0.1) is 0 Å². The molecule has 16 heavy (non-hydrogen) atoms. The highest BCUT2D eigenvalue weighted by Gasteiger charge is 2.38. The lowest BCUT2D eigenvalue weighted by atomic mass is 10.3. The average molecular weight is 259 g/mol. The van der Waals surface area contributed by atoms with Crippen molar-refractivity contribution < 1.29 is 8.42 Å². The molecule has 1 N–H and O–H groups in total. The molecular formula is C11H17NO2S2. The van der Waals surface area contributed by atoms with Gasteiger partial charge >= 0.3 is 0 Å². The van der Waals surface area contributed by atoms with Crippen molar-refractivity contribution in [2.45, 2.75) is 48.7 Å². The van der Waals surface area contributed by atoms with Crippen LogP contribution in [0.5, 0.6) is 0 Å². The minimum Gasteiger partial charge on any atom is -0.310 e. The zero-order valence-electron chi connectivity index (χ0n) is 9.56. The molecule has 0 aromatic carbocycles. The third-order valence-electron chi connectivity index (χ3n) is 2.63. The zero-order valence-corrected chi connectivity index (χ0v) is 11.2. The van der Waals surface area contributed by atoms with Gasteiger partial charge in [0.15, 0.2) is 9.84 Å². The number of hydrogen-bond donors (Lipinski definition) is 1. The third-order valence-corrected chi connectivity index (χ3v) is 6.49. The Kier molecular flexibility index (Phi) is 3.37. The molecule has 3 nitrogen and oxygen atoms in total. The van der Waals surface area contributed by atoms with Crippen molar-refractivity contribution in [3.63, 3.8) is 0 Å². The van der Waals surface area contributed by atoms with Crippen molar-refractivity contribution >= 4 is 21.2 Å². The molecule has 5 heteroatoms. The minimum atomic E-state index is -3.02. The smallest absolute Gasteiger partial charge is 0.190 e. The van der Waals surface area contributed by atoms with Gasteiger partial charge in [0.1, 0.15) is 4.21 Å². The molecule has 1 aliphatic rings. The summed E-state index contributed by atoms with van der Waals surface area (Å²) in [5.74, 6) is 0. The van der Waals surface area contributed by atoms with Gasteiger partial charge in [-0.1, -0.05) is 13.8 Å². The number of sulfone groups is 1. The van der Waals surface area contributed by atoms with E-state index in [1.54, 1.807) is 0 Å². The summed E-state index contributed by atoms with van der Waals surface area (Å²) in [5, 5.41) is 5.02. The molecule has 1 heterocycles. The Morgan fingerprint density at radius 3 is 2.75 bits per heavy atom. The Labute approximate surface area is 101 Å². The SMILES string of the molecule is CC(C)NCc1ccsc1S(=O)(=O)C1CC1. The molecule has 0 saturated heterocycles. The highest BCUT2D eigenvalue weighted by molar-refractivity contribution is 7.94. The molecular weight excluding hydrogens is 242 g/mol. The van der Waals surface area contributed by atoms with Gasteiger partial charge in [-0.25, -0.2) is 8.42 Å². The molecule has 0 bridgehead atoms. The normalized spacial score (nSPS) is 16.9. The summed E-state index contributed by atoms with van der Waals surface area (Å²) < 4.78 is 24.8. The second-order valence-corrected chi connectivity index (χ2v) is 7.85. The van der Waals surface area contributed by atoms with Gasteiger partial charge < -0.3 is 5.32 Å². The lowest BCUT2D eigenvalue weighted by molar-refractivity contribution is 0.578. The van der Waals surface area contributed by atoms with Crippen LogP contribution in [0.2, 0.25) is 0 Å². The van der Waals surface area contributed by atoms with E-state index >= 15 is 0 Å². The Morgan fingerprint density at radius 1 is 1.50 bits per heavy atom. The Balaban J connectivity index is 2.18. The van der Waals surface area contributed by atoms with Gasteiger partial charge in [0.2, 0.25) is 0 Å². The summed E-state index contributed by atoms with van der Waals surface area (Å²) >= 11 is 1.35. The average Bonchev–Trinajstić information content (AvgIpc) is 2.95. The fraction of sp³-hybridized carbons (Fsp3) is 0.636. The maximum atomic E-state index is 12.1. The Morgan fingerprint density at radius 2 is 2.19 bits per heavy atom. The molecule has 1 aliphatic carbocycles. The number of thiophene rings is 1. The van der Waals surface area contributed by atoms with E-state index in [0.29, 0.717) is 16.8 Å². The van der Waals surface area contributed by atoms with E-state index in [9.17, 15) is 8.42 Å². The Bertz CT molecular complexity index is 458. The fourth-order valence-electron chi connectivity index (χ4n) is 1.55. The molecule has 0 aliphatic heterocycles. The van der Waals surface area contributed by atoms with Crippen LogP contribution in [0.25, 0.3) is 0 Å². The second kappa shape index (κ2) is 4.47. The van der Waals surface area contributed by atoms with Crippen LogP contribution in [-0.4, -0.2) is 19.7 Å². The number of hydrogen-bond acceptors (Lipinski definition) is 4. The maximum Gasteiger partial charge on any atom is 0.190 e. The van der Waals surface area contributed by atoms with Crippen LogP contribution in [-0.2, 0) is 16.4 Å². The van der Waals surface area contributed by atoms with E-state index < -0.39 is 9.84 Å². The van der Waals surface area contributed by atoms with Crippen LogP contribution < -0.4 is 5.32 Å². The van der Waals surface area contributed by atoms with Gasteiger partial charge in [-0.05, 0) is 29.9 Å². The van der Waals surface area contributed by atoms with Crippen molar-refractivity contribution in [1.29, 1.82) is 0 Å². The highest BCUT2D eigenvalue weighted by atomic mass is 32.2. The standard InChI is InChI=1S/C11H17NO2S2/c1-8(2)12-7-9-5-6-15-11(9)16(13,14)10-3-4-10/h5-6,8,10,12H,3-4,7H2,1-2H3. The highest BCUT2D eigenvalue weighted by Crippen LogP contribution is 2.37. The molecule has 1 aromatic rings. The number of rotatable bonds is 5. The van der Waals surface area contributed by atoms with Crippen LogP contribution in [0.3, 0.4) is 0 Å². The monoisotopic (exact) mass is 259 g/mol. The van der Waals surface area contributed by atoms with Crippen molar-refractivity contribution in [3.05, 3.63) is 17.0 Å². The number of nitrogens with one attached hydrogen (secondary N) is 1. The molecule has 1 fully saturated rings. The molecule has 2 rings (SSSR count). The van der Waals surface area contributed by atoms with Gasteiger partial charge in [-0.15, -0.1) is 11.3 Å². The lowest BCUT2D eigenvalue weighted by Gasteiger charge is -2.08. The molecule has 0 spiro atoms. The van der Waals surface area contributed by atoms with E-state index in [0.717, 1.165) is 18.4 Å².